The van der Waals surface area contributed by atoms with Crippen LogP contribution in [0.15, 0.2) is 23.1 Å². The number of benzene rings is 1. The summed E-state index contributed by atoms with van der Waals surface area (Å²) in [5.41, 5.74) is 0.850. The number of rotatable bonds is 4. The van der Waals surface area contributed by atoms with E-state index in [0.717, 1.165) is 12.0 Å². The first-order valence-electron chi connectivity index (χ1n) is 3.64. The molecule has 1 aromatic carbocycles. The minimum atomic E-state index is -1.00. The quantitative estimate of drug-likeness (QED) is 0.456. The van der Waals surface area contributed by atoms with E-state index in [1.165, 1.54) is 6.07 Å². The van der Waals surface area contributed by atoms with Gasteiger partial charge in [-0.15, -0.1) is 4.33 Å². The fourth-order valence-corrected chi connectivity index (χ4v) is 1.34. The Morgan fingerprint density at radius 3 is 2.79 bits per heavy atom. The van der Waals surface area contributed by atoms with E-state index in [1.807, 2.05) is 0 Å². The maximum atomic E-state index is 10.7. The fourth-order valence-electron chi connectivity index (χ4n) is 0.938. The average Bonchev–Trinajstić information content (AvgIpc) is 2.16. The topological polar surface area (TPSA) is 76.0 Å². The summed E-state index contributed by atoms with van der Waals surface area (Å²) < 4.78 is 4.17. The molecule has 0 radical (unpaired) electrons. The highest BCUT2D eigenvalue weighted by molar-refractivity contribution is 7.94. The molecule has 5 nitrogen and oxygen atoms in total. The van der Waals surface area contributed by atoms with Crippen LogP contribution in [0, 0.1) is 6.92 Å². The molecule has 0 saturated carbocycles. The third-order valence-corrected chi connectivity index (χ3v) is 2.18. The Labute approximate surface area is 84.3 Å². The van der Waals surface area contributed by atoms with Crippen molar-refractivity contribution in [1.82, 2.24) is 0 Å². The molecule has 0 aliphatic carbocycles. The average molecular weight is 216 g/mol. The molecule has 0 unspecified atom stereocenters. The van der Waals surface area contributed by atoms with E-state index in [4.69, 9.17) is 10.4 Å². The maximum Gasteiger partial charge on any atom is 0.335 e. The molecule has 0 atom stereocenters. The predicted octanol–water partition coefficient (Wildman–Crippen LogP) is 2.12. The van der Waals surface area contributed by atoms with Gasteiger partial charge in [0.05, 0.1) is 17.6 Å². The summed E-state index contributed by atoms with van der Waals surface area (Å²) in [6.07, 6.45) is 0. The van der Waals surface area contributed by atoms with Crippen LogP contribution >= 0.6 is 12.0 Å². The summed E-state index contributed by atoms with van der Waals surface area (Å²) >= 11 is 0.725. The molecule has 0 aliphatic rings. The van der Waals surface area contributed by atoms with E-state index in [-0.39, 0.29) is 5.56 Å². The molecule has 0 saturated heterocycles. The lowest BCUT2D eigenvalue weighted by atomic mass is 10.1. The minimum Gasteiger partial charge on any atom is -0.478 e. The van der Waals surface area contributed by atoms with E-state index >= 15 is 0 Å². The van der Waals surface area contributed by atoms with Crippen LogP contribution in [0.5, 0.6) is 0 Å². The molecule has 14 heavy (non-hydrogen) atoms. The van der Waals surface area contributed by atoms with Gasteiger partial charge in [0, 0.05) is 4.90 Å². The zero-order valence-corrected chi connectivity index (χ0v) is 8.08. The van der Waals surface area contributed by atoms with Crippen LogP contribution in [0.3, 0.4) is 0 Å². The Kier molecular flexibility index (Phi) is 3.90. The van der Waals surface area contributed by atoms with Gasteiger partial charge in [-0.2, -0.15) is 0 Å². The van der Waals surface area contributed by atoms with Crippen molar-refractivity contribution in [1.29, 1.82) is 0 Å². The SMILES string of the molecule is Cc1ccc(SOOO)cc1C(=O)O. The molecule has 0 bridgehead atoms. The predicted molar refractivity (Wildman–Crippen MR) is 48.8 cm³/mol. The van der Waals surface area contributed by atoms with Gasteiger partial charge in [0.1, 0.15) is 0 Å². The zero-order chi connectivity index (χ0) is 10.6. The summed E-state index contributed by atoms with van der Waals surface area (Å²) in [6.45, 7) is 1.70. The lowest BCUT2D eigenvalue weighted by Crippen LogP contribution is -1.99. The summed E-state index contributed by atoms with van der Waals surface area (Å²) in [4.78, 5) is 11.2. The lowest BCUT2D eigenvalue weighted by molar-refractivity contribution is -0.432. The molecule has 0 spiro atoms. The van der Waals surface area contributed by atoms with E-state index in [9.17, 15) is 4.79 Å². The number of aromatic carboxylic acids is 1. The van der Waals surface area contributed by atoms with Gasteiger partial charge in [-0.1, -0.05) is 11.1 Å². The summed E-state index contributed by atoms with van der Waals surface area (Å²) in [7, 11) is 0. The molecule has 6 heteroatoms. The van der Waals surface area contributed by atoms with Gasteiger partial charge in [-0.25, -0.2) is 10.1 Å². The van der Waals surface area contributed by atoms with Crippen LogP contribution in [0.2, 0.25) is 0 Å². The number of hydrogen-bond acceptors (Lipinski definition) is 5. The van der Waals surface area contributed by atoms with Crippen molar-refractivity contribution in [2.45, 2.75) is 11.8 Å². The van der Waals surface area contributed by atoms with Crippen molar-refractivity contribution < 1.29 is 24.5 Å². The smallest absolute Gasteiger partial charge is 0.335 e. The van der Waals surface area contributed by atoms with Crippen molar-refractivity contribution in [3.63, 3.8) is 0 Å². The van der Waals surface area contributed by atoms with Crippen LogP contribution in [0.25, 0.3) is 0 Å². The normalized spacial score (nSPS) is 10.1. The molecular formula is C8H8O5S. The Morgan fingerprint density at radius 2 is 2.21 bits per heavy atom. The Balaban J connectivity index is 2.89. The number of carboxylic acids is 1. The Hall–Kier alpha value is -1.08. The van der Waals surface area contributed by atoms with Crippen molar-refractivity contribution in [2.75, 3.05) is 0 Å². The first kappa shape index (κ1) is 11.0. The zero-order valence-electron chi connectivity index (χ0n) is 7.26. The third-order valence-electron chi connectivity index (χ3n) is 1.60. The van der Waals surface area contributed by atoms with Crippen LogP contribution < -0.4 is 0 Å². The van der Waals surface area contributed by atoms with Gasteiger partial charge < -0.3 is 5.11 Å². The number of hydrogen-bond donors (Lipinski definition) is 2. The largest absolute Gasteiger partial charge is 0.478 e. The Bertz CT molecular complexity index is 339. The molecule has 0 aliphatic heterocycles. The summed E-state index contributed by atoms with van der Waals surface area (Å²) in [5.74, 6) is -1.00. The van der Waals surface area contributed by atoms with Crippen LogP contribution in [-0.2, 0) is 9.37 Å². The second kappa shape index (κ2) is 4.97. The van der Waals surface area contributed by atoms with Crippen LogP contribution in [0.1, 0.15) is 15.9 Å². The molecular weight excluding hydrogens is 208 g/mol. The van der Waals surface area contributed by atoms with Gasteiger partial charge >= 0.3 is 5.97 Å². The monoisotopic (exact) mass is 216 g/mol. The standard InChI is InChI=1S/C8H8O5S/c1-5-2-3-6(14-13-12-11)4-7(5)8(9)10/h2-4,11H,1H3,(H,9,10). The van der Waals surface area contributed by atoms with Crippen molar-refractivity contribution in [3.05, 3.63) is 29.3 Å². The summed E-state index contributed by atoms with van der Waals surface area (Å²) in [5, 5.41) is 20.1. The molecule has 76 valence electrons. The maximum absolute atomic E-state index is 10.7. The molecule has 2 N–H and O–H groups in total. The molecule has 0 amide bonds. The van der Waals surface area contributed by atoms with E-state index in [2.05, 4.69) is 9.37 Å². The van der Waals surface area contributed by atoms with E-state index in [0.29, 0.717) is 10.5 Å². The number of aryl methyl sites for hydroxylation is 1. The molecule has 0 fully saturated rings. The highest BCUT2D eigenvalue weighted by Crippen LogP contribution is 2.22. The van der Waals surface area contributed by atoms with Gasteiger partial charge in [0.2, 0.25) is 0 Å². The van der Waals surface area contributed by atoms with Gasteiger partial charge in [-0.05, 0) is 24.6 Å². The lowest BCUT2D eigenvalue weighted by Gasteiger charge is -2.02. The molecule has 0 aromatic heterocycles. The van der Waals surface area contributed by atoms with Crippen molar-refractivity contribution >= 4 is 18.0 Å². The van der Waals surface area contributed by atoms with E-state index < -0.39 is 5.97 Å². The van der Waals surface area contributed by atoms with Crippen LogP contribution in [-0.4, -0.2) is 16.3 Å². The fraction of sp³-hybridized carbons (Fsp3) is 0.125. The molecule has 1 rings (SSSR count). The minimum absolute atomic E-state index is 0.191. The van der Waals surface area contributed by atoms with Gasteiger partial charge in [-0.3, -0.25) is 0 Å². The van der Waals surface area contributed by atoms with Gasteiger partial charge in [0.25, 0.3) is 0 Å². The first-order chi connectivity index (χ1) is 6.65. The van der Waals surface area contributed by atoms with E-state index in [1.54, 1.807) is 19.1 Å². The van der Waals surface area contributed by atoms with Gasteiger partial charge in [0.15, 0.2) is 0 Å². The number of carbonyl (C=O) groups is 1. The van der Waals surface area contributed by atoms with Crippen molar-refractivity contribution in [3.8, 4) is 0 Å². The summed E-state index contributed by atoms with van der Waals surface area (Å²) in [6, 6.07) is 4.74. The van der Waals surface area contributed by atoms with Crippen LogP contribution in [0.4, 0.5) is 0 Å². The highest BCUT2D eigenvalue weighted by atomic mass is 32.2. The Morgan fingerprint density at radius 1 is 1.50 bits per heavy atom. The van der Waals surface area contributed by atoms with Crippen molar-refractivity contribution in [2.24, 2.45) is 0 Å². The molecule has 1 aromatic rings. The molecule has 0 heterocycles. The first-order valence-corrected chi connectivity index (χ1v) is 4.38. The highest BCUT2D eigenvalue weighted by Gasteiger charge is 2.08. The third kappa shape index (κ3) is 2.71. The number of carboxylic acid groups (broad SMARTS) is 1. The second-order valence-corrected chi connectivity index (χ2v) is 3.28. The second-order valence-electron chi connectivity index (χ2n) is 2.51.